The van der Waals surface area contributed by atoms with Gasteiger partial charge in [0, 0.05) is 18.7 Å². The first kappa shape index (κ1) is 19.3. The number of carbonyl (C=O) groups excluding carboxylic acids is 2. The average Bonchev–Trinajstić information content (AvgIpc) is 2.83. The molecule has 1 aliphatic carbocycles. The third kappa shape index (κ3) is 4.27. The smallest absolute Gasteiger partial charge is 0.290 e. The van der Waals surface area contributed by atoms with E-state index in [1.807, 2.05) is 31.2 Å². The predicted octanol–water partition coefficient (Wildman–Crippen LogP) is 3.38. The van der Waals surface area contributed by atoms with Crippen molar-refractivity contribution >= 4 is 39.1 Å². The highest BCUT2D eigenvalue weighted by Gasteiger charge is 2.25. The zero-order valence-electron chi connectivity index (χ0n) is 15.5. The van der Waals surface area contributed by atoms with Gasteiger partial charge in [0.05, 0.1) is 15.9 Å². The molecule has 0 radical (unpaired) electrons. The van der Waals surface area contributed by atoms with Crippen molar-refractivity contribution in [3.05, 3.63) is 45.7 Å². The molecule has 0 unspecified atom stereocenters. The van der Waals surface area contributed by atoms with Crippen molar-refractivity contribution in [2.24, 2.45) is 18.1 Å². The standard InChI is InChI=1S/C19H22BrN5O2/c1-11(22-23-19(27)17-16(20)12(2)24-25(17)3)14-8-5-9-15(10-14)21-18(26)13-6-4-7-13/h5,8-10,13H,4,6-7H2,1-3H3,(H,21,26)(H,23,27)/b22-11-. The second kappa shape index (κ2) is 8.04. The first-order chi connectivity index (χ1) is 12.9. The van der Waals surface area contributed by atoms with E-state index in [0.29, 0.717) is 15.9 Å². The molecule has 27 heavy (non-hydrogen) atoms. The van der Waals surface area contributed by atoms with Gasteiger partial charge in [-0.15, -0.1) is 0 Å². The van der Waals surface area contributed by atoms with Gasteiger partial charge in [-0.25, -0.2) is 5.43 Å². The van der Waals surface area contributed by atoms with Gasteiger partial charge in [0.1, 0.15) is 5.69 Å². The van der Waals surface area contributed by atoms with Gasteiger partial charge < -0.3 is 5.32 Å². The van der Waals surface area contributed by atoms with Crippen molar-refractivity contribution in [3.8, 4) is 0 Å². The van der Waals surface area contributed by atoms with Gasteiger partial charge in [-0.2, -0.15) is 10.2 Å². The van der Waals surface area contributed by atoms with Gasteiger partial charge in [0.25, 0.3) is 5.91 Å². The highest BCUT2D eigenvalue weighted by Crippen LogP contribution is 2.27. The molecule has 1 fully saturated rings. The number of aromatic nitrogens is 2. The minimum absolute atomic E-state index is 0.0673. The Morgan fingerprint density at radius 3 is 2.67 bits per heavy atom. The van der Waals surface area contributed by atoms with E-state index in [9.17, 15) is 9.59 Å². The minimum Gasteiger partial charge on any atom is -0.326 e. The topological polar surface area (TPSA) is 88.4 Å². The molecule has 0 saturated heterocycles. The quantitative estimate of drug-likeness (QED) is 0.561. The van der Waals surface area contributed by atoms with Crippen LogP contribution in [0.25, 0.3) is 0 Å². The average molecular weight is 432 g/mol. The Bertz CT molecular complexity index is 915. The zero-order chi connectivity index (χ0) is 19.6. The lowest BCUT2D eigenvalue weighted by Crippen LogP contribution is -2.28. The van der Waals surface area contributed by atoms with Crippen LogP contribution < -0.4 is 10.7 Å². The van der Waals surface area contributed by atoms with E-state index >= 15 is 0 Å². The van der Waals surface area contributed by atoms with Crippen LogP contribution >= 0.6 is 15.9 Å². The normalized spacial score (nSPS) is 14.6. The maximum absolute atomic E-state index is 12.4. The number of rotatable bonds is 5. The van der Waals surface area contributed by atoms with E-state index in [4.69, 9.17) is 0 Å². The Balaban J connectivity index is 1.69. The van der Waals surface area contributed by atoms with Gasteiger partial charge in [-0.05, 0) is 60.3 Å². The number of carbonyl (C=O) groups is 2. The Kier molecular flexibility index (Phi) is 5.74. The second-order valence-electron chi connectivity index (χ2n) is 6.71. The van der Waals surface area contributed by atoms with Crippen molar-refractivity contribution in [2.75, 3.05) is 5.32 Å². The highest BCUT2D eigenvalue weighted by atomic mass is 79.9. The summed E-state index contributed by atoms with van der Waals surface area (Å²) in [4.78, 5) is 24.5. The first-order valence-corrected chi connectivity index (χ1v) is 9.61. The van der Waals surface area contributed by atoms with E-state index in [1.54, 1.807) is 14.0 Å². The molecule has 142 valence electrons. The number of nitrogens with zero attached hydrogens (tertiary/aromatic N) is 3. The fourth-order valence-corrected chi connectivity index (χ4v) is 3.38. The van der Waals surface area contributed by atoms with Crippen LogP contribution in [0.4, 0.5) is 5.69 Å². The van der Waals surface area contributed by atoms with Crippen molar-refractivity contribution in [1.29, 1.82) is 0 Å². The molecule has 1 aromatic carbocycles. The molecular weight excluding hydrogens is 410 g/mol. The van der Waals surface area contributed by atoms with Gasteiger partial charge in [-0.3, -0.25) is 14.3 Å². The number of anilines is 1. The lowest BCUT2D eigenvalue weighted by Gasteiger charge is -2.24. The molecule has 7 nitrogen and oxygen atoms in total. The third-order valence-corrected chi connectivity index (χ3v) is 5.66. The SMILES string of the molecule is C/C(=N/NC(=O)c1c(Br)c(C)nn1C)c1cccc(NC(=O)C2CCC2)c1. The molecule has 0 bridgehead atoms. The summed E-state index contributed by atoms with van der Waals surface area (Å²) in [6, 6.07) is 7.44. The first-order valence-electron chi connectivity index (χ1n) is 8.82. The summed E-state index contributed by atoms with van der Waals surface area (Å²) < 4.78 is 2.16. The van der Waals surface area contributed by atoms with Crippen molar-refractivity contribution < 1.29 is 9.59 Å². The third-order valence-electron chi connectivity index (χ3n) is 4.71. The number of hydrogen-bond acceptors (Lipinski definition) is 4. The molecule has 2 amide bonds. The summed E-state index contributed by atoms with van der Waals surface area (Å²) in [5, 5.41) is 11.3. The molecule has 0 atom stereocenters. The summed E-state index contributed by atoms with van der Waals surface area (Å²) in [5.41, 5.74) is 5.89. The molecule has 3 rings (SSSR count). The molecule has 1 heterocycles. The molecule has 1 saturated carbocycles. The Morgan fingerprint density at radius 1 is 1.33 bits per heavy atom. The van der Waals surface area contributed by atoms with Crippen LogP contribution in [0.15, 0.2) is 33.8 Å². The van der Waals surface area contributed by atoms with Crippen molar-refractivity contribution in [3.63, 3.8) is 0 Å². The van der Waals surface area contributed by atoms with Gasteiger partial charge in [-0.1, -0.05) is 18.6 Å². The van der Waals surface area contributed by atoms with Crippen LogP contribution in [0.2, 0.25) is 0 Å². The van der Waals surface area contributed by atoms with Crippen LogP contribution in [0.5, 0.6) is 0 Å². The fraction of sp³-hybridized carbons (Fsp3) is 0.368. The van der Waals surface area contributed by atoms with Crippen LogP contribution in [-0.2, 0) is 11.8 Å². The number of hydrogen-bond donors (Lipinski definition) is 2. The maximum atomic E-state index is 12.4. The lowest BCUT2D eigenvalue weighted by molar-refractivity contribution is -0.122. The Morgan fingerprint density at radius 2 is 2.07 bits per heavy atom. The zero-order valence-corrected chi connectivity index (χ0v) is 17.1. The van der Waals surface area contributed by atoms with Crippen molar-refractivity contribution in [2.45, 2.75) is 33.1 Å². The Labute approximate surface area is 166 Å². The summed E-state index contributed by atoms with van der Waals surface area (Å²) in [6.07, 6.45) is 3.04. The summed E-state index contributed by atoms with van der Waals surface area (Å²) in [7, 11) is 1.71. The van der Waals surface area contributed by atoms with Gasteiger partial charge in [0.2, 0.25) is 5.91 Å². The number of halogens is 1. The molecular formula is C19H22BrN5O2. The second-order valence-corrected chi connectivity index (χ2v) is 7.50. The molecule has 8 heteroatoms. The molecule has 0 spiro atoms. The predicted molar refractivity (Wildman–Crippen MR) is 108 cm³/mol. The monoisotopic (exact) mass is 431 g/mol. The van der Waals surface area contributed by atoms with Gasteiger partial charge >= 0.3 is 0 Å². The summed E-state index contributed by atoms with van der Waals surface area (Å²) in [5.74, 6) is -0.153. The van der Waals surface area contributed by atoms with Crippen LogP contribution in [-0.4, -0.2) is 27.3 Å². The molecule has 1 aliphatic rings. The van der Waals surface area contributed by atoms with E-state index < -0.39 is 0 Å². The van der Waals surface area contributed by atoms with E-state index in [0.717, 1.165) is 36.2 Å². The summed E-state index contributed by atoms with van der Waals surface area (Å²) in [6.45, 7) is 3.62. The number of hydrazone groups is 1. The molecule has 2 N–H and O–H groups in total. The van der Waals surface area contributed by atoms with E-state index in [2.05, 4.69) is 36.9 Å². The molecule has 0 aliphatic heterocycles. The number of nitrogens with one attached hydrogen (secondary N) is 2. The number of amides is 2. The number of aryl methyl sites for hydroxylation is 2. The lowest BCUT2D eigenvalue weighted by atomic mass is 9.85. The molecule has 2 aromatic rings. The van der Waals surface area contributed by atoms with Crippen LogP contribution in [0.1, 0.15) is 47.9 Å². The van der Waals surface area contributed by atoms with Gasteiger partial charge in [0.15, 0.2) is 0 Å². The van der Waals surface area contributed by atoms with Crippen molar-refractivity contribution in [1.82, 2.24) is 15.2 Å². The van der Waals surface area contributed by atoms with Crippen LogP contribution in [0, 0.1) is 12.8 Å². The fourth-order valence-electron chi connectivity index (χ4n) is 2.87. The summed E-state index contributed by atoms with van der Waals surface area (Å²) >= 11 is 3.38. The van der Waals surface area contributed by atoms with E-state index in [1.165, 1.54) is 4.68 Å². The van der Waals surface area contributed by atoms with E-state index in [-0.39, 0.29) is 17.7 Å². The maximum Gasteiger partial charge on any atom is 0.290 e. The molecule has 1 aromatic heterocycles. The largest absolute Gasteiger partial charge is 0.326 e. The highest BCUT2D eigenvalue weighted by molar-refractivity contribution is 9.10. The number of benzene rings is 1. The minimum atomic E-state index is -0.348. The Hall–Kier alpha value is -2.48. The van der Waals surface area contributed by atoms with Crippen LogP contribution in [0.3, 0.4) is 0 Å².